The van der Waals surface area contributed by atoms with Crippen LogP contribution in [-0.2, 0) is 11.3 Å². The summed E-state index contributed by atoms with van der Waals surface area (Å²) < 4.78 is 5.74. The average Bonchev–Trinajstić information content (AvgIpc) is 2.73. The number of likely N-dealkylation sites (N-methyl/N-ethyl adjacent to an activating group) is 1. The number of nitrogens with two attached hydrogens (primary N) is 1. The fraction of sp³-hybridized carbons (Fsp3) is 0.583. The number of carbonyl (C=O) groups excluding carboxylic acids is 1. The van der Waals surface area contributed by atoms with Crippen molar-refractivity contribution in [2.24, 2.45) is 11.7 Å². The second-order valence-corrected chi connectivity index (χ2v) is 4.76. The lowest BCUT2D eigenvalue weighted by Crippen LogP contribution is -2.30. The van der Waals surface area contributed by atoms with Crippen LogP contribution in [0.4, 0.5) is 0 Å². The van der Waals surface area contributed by atoms with Crippen LogP contribution in [-0.4, -0.2) is 24.4 Å². The zero-order valence-corrected chi connectivity index (χ0v) is 9.77. The molecule has 1 aliphatic carbocycles. The van der Waals surface area contributed by atoms with Crippen LogP contribution >= 0.6 is 0 Å². The third-order valence-corrected chi connectivity index (χ3v) is 3.01. The maximum Gasteiger partial charge on any atom is 0.231 e. The van der Waals surface area contributed by atoms with Gasteiger partial charge in [-0.2, -0.15) is 0 Å². The monoisotopic (exact) mass is 222 g/mol. The van der Waals surface area contributed by atoms with Crippen molar-refractivity contribution in [1.29, 1.82) is 0 Å². The van der Waals surface area contributed by atoms with Crippen LogP contribution in [0.25, 0.3) is 0 Å². The molecule has 0 aliphatic heterocycles. The predicted molar refractivity (Wildman–Crippen MR) is 60.8 cm³/mol. The van der Waals surface area contributed by atoms with Crippen LogP contribution in [0.15, 0.2) is 16.5 Å². The highest BCUT2D eigenvalue weighted by atomic mass is 16.3. The highest BCUT2D eigenvalue weighted by molar-refractivity contribution is 5.75. The molecular formula is C12H18N2O2. The van der Waals surface area contributed by atoms with Gasteiger partial charge in [-0.05, 0) is 31.5 Å². The first-order valence-electron chi connectivity index (χ1n) is 5.61. The fourth-order valence-corrected chi connectivity index (χ4v) is 1.99. The number of amides is 1. The first kappa shape index (κ1) is 11.2. The average molecular weight is 222 g/mol. The maximum absolute atomic E-state index is 10.7. The number of nitrogens with zero attached hydrogens (tertiary/aromatic N) is 1. The number of rotatable bonds is 5. The van der Waals surface area contributed by atoms with Gasteiger partial charge in [-0.25, -0.2) is 0 Å². The Hall–Kier alpha value is -1.29. The topological polar surface area (TPSA) is 59.5 Å². The lowest BCUT2D eigenvalue weighted by molar-refractivity contribution is -0.119. The van der Waals surface area contributed by atoms with Crippen molar-refractivity contribution in [3.8, 4) is 0 Å². The molecule has 16 heavy (non-hydrogen) atoms. The molecule has 1 aromatic rings. The van der Waals surface area contributed by atoms with E-state index < -0.39 is 0 Å². The normalized spacial score (nSPS) is 23.7. The summed E-state index contributed by atoms with van der Waals surface area (Å²) in [6, 6.07) is 4.03. The zero-order valence-electron chi connectivity index (χ0n) is 9.77. The van der Waals surface area contributed by atoms with Gasteiger partial charge in [0.2, 0.25) is 5.91 Å². The number of carbonyl (C=O) groups is 1. The van der Waals surface area contributed by atoms with Crippen LogP contribution in [0.3, 0.4) is 0 Å². The smallest absolute Gasteiger partial charge is 0.231 e. The molecule has 0 spiro atoms. The van der Waals surface area contributed by atoms with Crippen LogP contribution in [0.1, 0.15) is 30.8 Å². The summed E-state index contributed by atoms with van der Waals surface area (Å²) in [6.07, 6.45) is 1.23. The van der Waals surface area contributed by atoms with Crippen molar-refractivity contribution >= 4 is 5.91 Å². The summed E-state index contributed by atoms with van der Waals surface area (Å²) in [7, 11) is 1.85. The van der Waals surface area contributed by atoms with Crippen molar-refractivity contribution in [3.05, 3.63) is 23.7 Å². The molecule has 1 aromatic heterocycles. The third kappa shape index (κ3) is 2.64. The number of furan rings is 1. The summed E-state index contributed by atoms with van der Waals surface area (Å²) in [6.45, 7) is 3.12. The summed E-state index contributed by atoms with van der Waals surface area (Å²) in [5.41, 5.74) is 5.12. The molecule has 4 heteroatoms. The molecular weight excluding hydrogens is 204 g/mol. The minimum absolute atomic E-state index is 0.260. The Bertz CT molecular complexity index is 386. The van der Waals surface area contributed by atoms with E-state index in [1.165, 1.54) is 6.42 Å². The van der Waals surface area contributed by atoms with E-state index >= 15 is 0 Å². The standard InChI is InChI=1S/C12H18N2O2/c1-8-5-10(8)11-4-3-9(16-11)6-14(2)7-12(13)15/h3-4,8,10H,5-7H2,1-2H3,(H2,13,15)/t8-,10-/m0/s1. The zero-order chi connectivity index (χ0) is 11.7. The highest BCUT2D eigenvalue weighted by Crippen LogP contribution is 2.47. The third-order valence-electron chi connectivity index (χ3n) is 3.01. The SMILES string of the molecule is C[C@H]1C[C@@H]1c1ccc(CN(C)CC(N)=O)o1. The highest BCUT2D eigenvalue weighted by Gasteiger charge is 2.36. The molecule has 2 rings (SSSR count). The molecule has 1 fully saturated rings. The van der Waals surface area contributed by atoms with E-state index in [0.29, 0.717) is 12.5 Å². The number of hydrogen-bond donors (Lipinski definition) is 1. The van der Waals surface area contributed by atoms with Crippen molar-refractivity contribution in [3.63, 3.8) is 0 Å². The Labute approximate surface area is 95.4 Å². The summed E-state index contributed by atoms with van der Waals surface area (Å²) >= 11 is 0. The van der Waals surface area contributed by atoms with Gasteiger partial charge in [-0.3, -0.25) is 9.69 Å². The largest absolute Gasteiger partial charge is 0.464 e. The Kier molecular flexibility index (Phi) is 3.01. The van der Waals surface area contributed by atoms with Gasteiger partial charge in [0.1, 0.15) is 11.5 Å². The van der Waals surface area contributed by atoms with E-state index in [-0.39, 0.29) is 12.5 Å². The Balaban J connectivity index is 1.90. The van der Waals surface area contributed by atoms with Gasteiger partial charge in [-0.1, -0.05) is 6.92 Å². The van der Waals surface area contributed by atoms with Gasteiger partial charge in [0.15, 0.2) is 0 Å². The molecule has 0 aromatic carbocycles. The Morgan fingerprint density at radius 1 is 1.62 bits per heavy atom. The van der Waals surface area contributed by atoms with Crippen molar-refractivity contribution < 1.29 is 9.21 Å². The molecule has 2 atom stereocenters. The number of primary amides is 1. The first-order valence-corrected chi connectivity index (χ1v) is 5.61. The van der Waals surface area contributed by atoms with Gasteiger partial charge in [-0.15, -0.1) is 0 Å². The lowest BCUT2D eigenvalue weighted by atomic mass is 10.3. The Morgan fingerprint density at radius 2 is 2.31 bits per heavy atom. The molecule has 0 bridgehead atoms. The molecule has 0 radical (unpaired) electrons. The van der Waals surface area contributed by atoms with Crippen LogP contribution in [0.5, 0.6) is 0 Å². The van der Waals surface area contributed by atoms with E-state index in [1.807, 2.05) is 24.1 Å². The van der Waals surface area contributed by atoms with E-state index in [1.54, 1.807) is 0 Å². The van der Waals surface area contributed by atoms with E-state index in [2.05, 4.69) is 6.92 Å². The Morgan fingerprint density at radius 3 is 2.88 bits per heavy atom. The van der Waals surface area contributed by atoms with Gasteiger partial charge in [0, 0.05) is 5.92 Å². The number of hydrogen-bond acceptors (Lipinski definition) is 3. The van der Waals surface area contributed by atoms with E-state index in [0.717, 1.165) is 17.4 Å². The maximum atomic E-state index is 10.7. The second kappa shape index (κ2) is 4.29. The molecule has 0 unspecified atom stereocenters. The second-order valence-electron chi connectivity index (χ2n) is 4.76. The van der Waals surface area contributed by atoms with Crippen LogP contribution in [0.2, 0.25) is 0 Å². The summed E-state index contributed by atoms with van der Waals surface area (Å²) in [5.74, 6) is 3.02. The molecule has 88 valence electrons. The van der Waals surface area contributed by atoms with Gasteiger partial charge in [0.25, 0.3) is 0 Å². The quantitative estimate of drug-likeness (QED) is 0.817. The van der Waals surface area contributed by atoms with E-state index in [9.17, 15) is 4.79 Å². The summed E-state index contributed by atoms with van der Waals surface area (Å²) in [4.78, 5) is 12.6. The van der Waals surface area contributed by atoms with Crippen LogP contribution < -0.4 is 5.73 Å². The molecule has 1 aliphatic rings. The lowest BCUT2D eigenvalue weighted by Gasteiger charge is -2.11. The van der Waals surface area contributed by atoms with Gasteiger partial charge >= 0.3 is 0 Å². The van der Waals surface area contributed by atoms with Crippen molar-refractivity contribution in [1.82, 2.24) is 4.90 Å². The molecule has 2 N–H and O–H groups in total. The predicted octanol–water partition coefficient (Wildman–Crippen LogP) is 1.32. The van der Waals surface area contributed by atoms with Crippen LogP contribution in [0, 0.1) is 5.92 Å². The fourth-order valence-electron chi connectivity index (χ4n) is 1.99. The summed E-state index contributed by atoms with van der Waals surface area (Å²) in [5, 5.41) is 0. The first-order chi connectivity index (χ1) is 7.56. The van der Waals surface area contributed by atoms with Crippen molar-refractivity contribution in [2.45, 2.75) is 25.8 Å². The molecule has 1 heterocycles. The molecule has 1 amide bonds. The van der Waals surface area contributed by atoms with Crippen molar-refractivity contribution in [2.75, 3.05) is 13.6 Å². The van der Waals surface area contributed by atoms with Gasteiger partial charge in [0.05, 0.1) is 13.1 Å². The molecule has 4 nitrogen and oxygen atoms in total. The molecule has 0 saturated heterocycles. The van der Waals surface area contributed by atoms with Gasteiger partial charge < -0.3 is 10.2 Å². The molecule has 1 saturated carbocycles. The van der Waals surface area contributed by atoms with E-state index in [4.69, 9.17) is 10.2 Å². The minimum atomic E-state index is -0.315. The minimum Gasteiger partial charge on any atom is -0.464 e.